The van der Waals surface area contributed by atoms with E-state index < -0.39 is 12.1 Å². The Hall–Kier alpha value is -1.35. The monoisotopic (exact) mass is 405 g/mol. The Kier molecular flexibility index (Phi) is 5.40. The van der Waals surface area contributed by atoms with E-state index in [2.05, 4.69) is 0 Å². The summed E-state index contributed by atoms with van der Waals surface area (Å²) in [5, 5.41) is 9.00. The van der Waals surface area contributed by atoms with Gasteiger partial charge in [0.05, 0.1) is 22.3 Å². The van der Waals surface area contributed by atoms with Crippen LogP contribution in [0.3, 0.4) is 0 Å². The van der Waals surface area contributed by atoms with Crippen LogP contribution in [0.25, 0.3) is 0 Å². The lowest BCUT2D eigenvalue weighted by atomic mass is 10.2. The molecular formula is C14H16INO5. The Morgan fingerprint density at radius 1 is 1.38 bits per heavy atom. The molecule has 1 aliphatic heterocycles. The summed E-state index contributed by atoms with van der Waals surface area (Å²) in [5.74, 6) is -0.733. The number of carboxylic acid groups (broad SMARTS) is 1. The number of benzene rings is 1. The lowest BCUT2D eigenvalue weighted by molar-refractivity contribution is -0.142. The lowest BCUT2D eigenvalue weighted by Gasteiger charge is -2.29. The van der Waals surface area contributed by atoms with Gasteiger partial charge in [-0.3, -0.25) is 4.79 Å². The first kappa shape index (κ1) is 16.0. The summed E-state index contributed by atoms with van der Waals surface area (Å²) in [6.45, 7) is 3.84. The van der Waals surface area contributed by atoms with E-state index >= 15 is 0 Å². The summed E-state index contributed by atoms with van der Waals surface area (Å²) in [4.78, 5) is 24.9. The van der Waals surface area contributed by atoms with Gasteiger partial charge >= 0.3 is 5.97 Å². The maximum Gasteiger partial charge on any atom is 0.335 e. The van der Waals surface area contributed by atoms with Crippen molar-refractivity contribution in [1.29, 1.82) is 0 Å². The predicted octanol–water partition coefficient (Wildman–Crippen LogP) is 1.62. The third kappa shape index (κ3) is 4.07. The second-order valence-corrected chi connectivity index (χ2v) is 5.81. The number of amides is 1. The van der Waals surface area contributed by atoms with Crippen LogP contribution >= 0.6 is 22.6 Å². The molecule has 0 bridgehead atoms. The fourth-order valence-corrected chi connectivity index (χ4v) is 2.47. The van der Waals surface area contributed by atoms with Gasteiger partial charge in [-0.05, 0) is 47.7 Å². The molecule has 1 fully saturated rings. The minimum Gasteiger partial charge on any atom is -0.480 e. The fraction of sp³-hybridized carbons (Fsp3) is 0.429. The Morgan fingerprint density at radius 3 is 2.67 bits per heavy atom. The van der Waals surface area contributed by atoms with Crippen LogP contribution < -0.4 is 4.74 Å². The average molecular weight is 405 g/mol. The highest BCUT2D eigenvalue weighted by molar-refractivity contribution is 14.1. The molecule has 1 atom stereocenters. The molecule has 6 nitrogen and oxygen atoms in total. The first-order valence-electron chi connectivity index (χ1n) is 6.55. The van der Waals surface area contributed by atoms with E-state index in [1.807, 2.05) is 22.6 Å². The Balaban J connectivity index is 2.07. The summed E-state index contributed by atoms with van der Waals surface area (Å²) in [7, 11) is 0. The van der Waals surface area contributed by atoms with Gasteiger partial charge in [0.2, 0.25) is 0 Å². The first-order chi connectivity index (χ1) is 9.99. The van der Waals surface area contributed by atoms with Crippen molar-refractivity contribution in [2.24, 2.45) is 0 Å². The predicted molar refractivity (Wildman–Crippen MR) is 83.6 cm³/mol. The summed E-state index contributed by atoms with van der Waals surface area (Å²) in [6, 6.07) is 4.60. The number of carbonyl (C=O) groups is 2. The van der Waals surface area contributed by atoms with Crippen molar-refractivity contribution in [3.8, 4) is 5.75 Å². The molecule has 1 unspecified atom stereocenters. The van der Waals surface area contributed by atoms with Gasteiger partial charge in [-0.25, -0.2) is 4.79 Å². The van der Waals surface area contributed by atoms with E-state index in [4.69, 9.17) is 14.6 Å². The number of rotatable bonds is 4. The van der Waals surface area contributed by atoms with Gasteiger partial charge in [0, 0.05) is 13.1 Å². The molecular weight excluding hydrogens is 389 g/mol. The topological polar surface area (TPSA) is 76.1 Å². The molecule has 1 aliphatic rings. The number of nitrogens with zero attached hydrogens (tertiary/aromatic N) is 1. The number of ether oxygens (including phenoxy) is 2. The molecule has 0 aromatic heterocycles. The maximum absolute atomic E-state index is 12.3. The Bertz CT molecular complexity index is 542. The van der Waals surface area contributed by atoms with Gasteiger partial charge < -0.3 is 19.5 Å². The van der Waals surface area contributed by atoms with E-state index in [1.54, 1.807) is 17.9 Å². The number of carbonyl (C=O) groups excluding carboxylic acids is 1. The van der Waals surface area contributed by atoms with Crippen LogP contribution in [0.15, 0.2) is 18.2 Å². The first-order valence-corrected chi connectivity index (χ1v) is 7.63. The summed E-state index contributed by atoms with van der Waals surface area (Å²) in [6.07, 6.45) is -0.666. The van der Waals surface area contributed by atoms with Gasteiger partial charge in [0.15, 0.2) is 6.10 Å². The molecule has 0 saturated carbocycles. The summed E-state index contributed by atoms with van der Waals surface area (Å²) >= 11 is 2.05. The van der Waals surface area contributed by atoms with Crippen LogP contribution in [0.2, 0.25) is 0 Å². The standard InChI is InChI=1S/C14H16INO5/c1-9(13(17)16-4-6-20-7-5-16)21-12-8-10(14(18)19)2-3-11(12)15/h2-3,8-9H,4-7H2,1H3,(H,18,19). The molecule has 1 aromatic carbocycles. The molecule has 0 spiro atoms. The normalized spacial score (nSPS) is 16.4. The maximum atomic E-state index is 12.3. The Labute approximate surface area is 136 Å². The third-order valence-corrected chi connectivity index (χ3v) is 4.04. The van der Waals surface area contributed by atoms with Gasteiger partial charge in [0.25, 0.3) is 5.91 Å². The molecule has 114 valence electrons. The number of aromatic carboxylic acids is 1. The number of hydrogen-bond donors (Lipinski definition) is 1. The SMILES string of the molecule is CC(Oc1cc(C(=O)O)ccc1I)C(=O)N1CCOCC1. The molecule has 21 heavy (non-hydrogen) atoms. The molecule has 0 radical (unpaired) electrons. The smallest absolute Gasteiger partial charge is 0.335 e. The fourth-order valence-electron chi connectivity index (χ4n) is 2.01. The van der Waals surface area contributed by atoms with Crippen molar-refractivity contribution in [1.82, 2.24) is 4.90 Å². The number of halogens is 1. The number of morpholine rings is 1. The van der Waals surface area contributed by atoms with E-state index in [9.17, 15) is 9.59 Å². The van der Waals surface area contributed by atoms with Crippen LogP contribution in [-0.2, 0) is 9.53 Å². The molecule has 1 heterocycles. The average Bonchev–Trinajstić information content (AvgIpc) is 2.49. The number of hydrogen-bond acceptors (Lipinski definition) is 4. The zero-order valence-electron chi connectivity index (χ0n) is 11.5. The van der Waals surface area contributed by atoms with Crippen molar-refractivity contribution < 1.29 is 24.2 Å². The van der Waals surface area contributed by atoms with E-state index in [0.717, 1.165) is 3.57 Å². The highest BCUT2D eigenvalue weighted by Gasteiger charge is 2.24. The largest absolute Gasteiger partial charge is 0.480 e. The Morgan fingerprint density at radius 2 is 2.05 bits per heavy atom. The highest BCUT2D eigenvalue weighted by atomic mass is 127. The van der Waals surface area contributed by atoms with E-state index in [0.29, 0.717) is 32.1 Å². The van der Waals surface area contributed by atoms with Crippen LogP contribution in [0, 0.1) is 3.57 Å². The second-order valence-electron chi connectivity index (χ2n) is 4.65. The minimum atomic E-state index is -1.02. The second kappa shape index (κ2) is 7.08. The highest BCUT2D eigenvalue weighted by Crippen LogP contribution is 2.24. The van der Waals surface area contributed by atoms with E-state index in [1.165, 1.54) is 12.1 Å². The molecule has 2 rings (SSSR count). The minimum absolute atomic E-state index is 0.116. The zero-order valence-corrected chi connectivity index (χ0v) is 13.7. The summed E-state index contributed by atoms with van der Waals surface area (Å²) in [5.41, 5.74) is 0.136. The van der Waals surface area contributed by atoms with Crippen LogP contribution in [-0.4, -0.2) is 54.3 Å². The lowest BCUT2D eigenvalue weighted by Crippen LogP contribution is -2.46. The van der Waals surface area contributed by atoms with Crippen LogP contribution in [0.1, 0.15) is 17.3 Å². The van der Waals surface area contributed by atoms with Crippen molar-refractivity contribution in [2.45, 2.75) is 13.0 Å². The molecule has 7 heteroatoms. The number of carboxylic acids is 1. The van der Waals surface area contributed by atoms with Gasteiger partial charge in [-0.2, -0.15) is 0 Å². The van der Waals surface area contributed by atoms with Crippen LogP contribution in [0.5, 0.6) is 5.75 Å². The van der Waals surface area contributed by atoms with Gasteiger partial charge in [-0.1, -0.05) is 0 Å². The van der Waals surface area contributed by atoms with Crippen molar-refractivity contribution in [3.05, 3.63) is 27.3 Å². The quantitative estimate of drug-likeness (QED) is 0.771. The molecule has 1 saturated heterocycles. The zero-order chi connectivity index (χ0) is 15.4. The molecule has 1 amide bonds. The van der Waals surface area contributed by atoms with Gasteiger partial charge in [0.1, 0.15) is 5.75 Å². The molecule has 1 aromatic rings. The molecule has 0 aliphatic carbocycles. The van der Waals surface area contributed by atoms with Crippen LogP contribution in [0.4, 0.5) is 0 Å². The summed E-state index contributed by atoms with van der Waals surface area (Å²) < 4.78 is 11.6. The van der Waals surface area contributed by atoms with Crippen molar-refractivity contribution >= 4 is 34.5 Å². The van der Waals surface area contributed by atoms with Crippen molar-refractivity contribution in [3.63, 3.8) is 0 Å². The van der Waals surface area contributed by atoms with E-state index in [-0.39, 0.29) is 11.5 Å². The van der Waals surface area contributed by atoms with Crippen molar-refractivity contribution in [2.75, 3.05) is 26.3 Å². The molecule has 1 N–H and O–H groups in total. The van der Waals surface area contributed by atoms with Gasteiger partial charge in [-0.15, -0.1) is 0 Å². The third-order valence-electron chi connectivity index (χ3n) is 3.15.